The van der Waals surface area contributed by atoms with Gasteiger partial charge in [0.15, 0.2) is 5.69 Å². The van der Waals surface area contributed by atoms with Crippen LogP contribution in [0.25, 0.3) is 0 Å². The summed E-state index contributed by atoms with van der Waals surface area (Å²) in [5.41, 5.74) is 0.274. The molecular formula is C12H17ClN2O3S. The van der Waals surface area contributed by atoms with Gasteiger partial charge in [0.1, 0.15) is 5.01 Å². The van der Waals surface area contributed by atoms with Crippen LogP contribution in [0, 0.1) is 0 Å². The normalized spacial score (nSPS) is 10.6. The number of hydrogen-bond donors (Lipinski definition) is 0. The highest BCUT2D eigenvalue weighted by Gasteiger charge is 2.19. The Morgan fingerprint density at radius 3 is 2.74 bits per heavy atom. The maximum atomic E-state index is 11.9. The molecule has 0 fully saturated rings. The highest BCUT2D eigenvalue weighted by Crippen LogP contribution is 2.15. The third-order valence-corrected chi connectivity index (χ3v) is 3.53. The molecule has 7 heteroatoms. The lowest BCUT2D eigenvalue weighted by Gasteiger charge is -2.25. The lowest BCUT2D eigenvalue weighted by Crippen LogP contribution is -2.36. The van der Waals surface area contributed by atoms with E-state index in [1.165, 1.54) is 18.4 Å². The van der Waals surface area contributed by atoms with Crippen LogP contribution < -0.4 is 0 Å². The number of amides is 1. The minimum Gasteiger partial charge on any atom is -0.464 e. The van der Waals surface area contributed by atoms with E-state index in [0.717, 1.165) is 0 Å². The average Bonchev–Trinajstić information content (AvgIpc) is 2.83. The summed E-state index contributed by atoms with van der Waals surface area (Å²) in [5, 5.41) is 2.34. The van der Waals surface area contributed by atoms with Crippen molar-refractivity contribution in [2.45, 2.75) is 32.9 Å². The molecule has 19 heavy (non-hydrogen) atoms. The van der Waals surface area contributed by atoms with Gasteiger partial charge in [-0.2, -0.15) is 0 Å². The lowest BCUT2D eigenvalue weighted by atomic mass is 10.3. The SMILES string of the molecule is COC(=O)c1csc(CN(C(=O)CCCl)C(C)C)n1. The highest BCUT2D eigenvalue weighted by molar-refractivity contribution is 7.09. The number of ether oxygens (including phenoxy) is 1. The van der Waals surface area contributed by atoms with Crippen LogP contribution >= 0.6 is 22.9 Å². The first-order valence-electron chi connectivity index (χ1n) is 5.87. The molecule has 1 rings (SSSR count). The second kappa shape index (κ2) is 7.45. The van der Waals surface area contributed by atoms with Gasteiger partial charge in [-0.1, -0.05) is 0 Å². The summed E-state index contributed by atoms with van der Waals surface area (Å²) in [6.07, 6.45) is 0.301. The standard InChI is InChI=1S/C12H17ClN2O3S/c1-8(2)15(11(16)4-5-13)6-10-14-9(7-19-10)12(17)18-3/h7-8H,4-6H2,1-3H3. The maximum Gasteiger partial charge on any atom is 0.357 e. The summed E-state index contributed by atoms with van der Waals surface area (Å²) >= 11 is 6.93. The fourth-order valence-electron chi connectivity index (χ4n) is 1.51. The molecule has 0 saturated heterocycles. The van der Waals surface area contributed by atoms with Crippen molar-refractivity contribution in [1.82, 2.24) is 9.88 Å². The molecule has 0 spiro atoms. The highest BCUT2D eigenvalue weighted by atomic mass is 35.5. The molecule has 0 aromatic carbocycles. The molecule has 0 atom stereocenters. The van der Waals surface area contributed by atoms with Gasteiger partial charge in [0.25, 0.3) is 0 Å². The van der Waals surface area contributed by atoms with Crippen molar-refractivity contribution in [3.8, 4) is 0 Å². The van der Waals surface area contributed by atoms with Crippen molar-refractivity contribution in [2.75, 3.05) is 13.0 Å². The first kappa shape index (κ1) is 15.9. The van der Waals surface area contributed by atoms with E-state index in [9.17, 15) is 9.59 Å². The van der Waals surface area contributed by atoms with Crippen LogP contribution in [0.3, 0.4) is 0 Å². The number of aromatic nitrogens is 1. The van der Waals surface area contributed by atoms with Gasteiger partial charge in [-0.15, -0.1) is 22.9 Å². The van der Waals surface area contributed by atoms with E-state index in [-0.39, 0.29) is 17.6 Å². The van der Waals surface area contributed by atoms with Crippen LogP contribution in [-0.4, -0.2) is 40.8 Å². The molecule has 0 bridgehead atoms. The Bertz CT molecular complexity index is 448. The van der Waals surface area contributed by atoms with Gasteiger partial charge in [0, 0.05) is 23.7 Å². The summed E-state index contributed by atoms with van der Waals surface area (Å²) in [5.74, 6) is -0.182. The fraction of sp³-hybridized carbons (Fsp3) is 0.583. The van der Waals surface area contributed by atoms with Gasteiger partial charge in [-0.25, -0.2) is 9.78 Å². The van der Waals surface area contributed by atoms with E-state index in [0.29, 0.717) is 23.9 Å². The third-order valence-electron chi connectivity index (χ3n) is 2.50. The van der Waals surface area contributed by atoms with Gasteiger partial charge < -0.3 is 9.64 Å². The molecule has 106 valence electrons. The van der Waals surface area contributed by atoms with Crippen molar-refractivity contribution in [2.24, 2.45) is 0 Å². The second-order valence-electron chi connectivity index (χ2n) is 4.17. The first-order valence-corrected chi connectivity index (χ1v) is 7.29. The Hall–Kier alpha value is -1.14. The lowest BCUT2D eigenvalue weighted by molar-refractivity contribution is -0.133. The summed E-state index contributed by atoms with van der Waals surface area (Å²) in [7, 11) is 1.31. The Labute approximate surface area is 121 Å². The molecule has 0 saturated carbocycles. The van der Waals surface area contributed by atoms with Crippen molar-refractivity contribution >= 4 is 34.8 Å². The molecule has 1 aromatic rings. The molecule has 1 heterocycles. The predicted molar refractivity (Wildman–Crippen MR) is 74.5 cm³/mol. The molecule has 0 N–H and O–H groups in total. The maximum absolute atomic E-state index is 11.9. The van der Waals surface area contributed by atoms with Crippen molar-refractivity contribution in [3.05, 3.63) is 16.1 Å². The minimum atomic E-state index is -0.467. The second-order valence-corrected chi connectivity index (χ2v) is 5.49. The number of alkyl halides is 1. The van der Waals surface area contributed by atoms with E-state index < -0.39 is 5.97 Å². The summed E-state index contributed by atoms with van der Waals surface area (Å²) < 4.78 is 4.60. The largest absolute Gasteiger partial charge is 0.464 e. The number of rotatable bonds is 6. The third kappa shape index (κ3) is 4.47. The monoisotopic (exact) mass is 304 g/mol. The molecule has 5 nitrogen and oxygen atoms in total. The van der Waals surface area contributed by atoms with Crippen molar-refractivity contribution < 1.29 is 14.3 Å². The number of esters is 1. The molecular weight excluding hydrogens is 288 g/mol. The zero-order chi connectivity index (χ0) is 14.4. The van der Waals surface area contributed by atoms with Gasteiger partial charge in [0.2, 0.25) is 5.91 Å². The van der Waals surface area contributed by atoms with Gasteiger partial charge >= 0.3 is 5.97 Å². The zero-order valence-electron chi connectivity index (χ0n) is 11.2. The number of carbonyl (C=O) groups is 2. The van der Waals surface area contributed by atoms with Crippen LogP contribution in [-0.2, 0) is 16.1 Å². The van der Waals surface area contributed by atoms with E-state index in [1.54, 1.807) is 10.3 Å². The molecule has 0 radical (unpaired) electrons. The minimum absolute atomic E-state index is 0.0141. The Morgan fingerprint density at radius 2 is 2.21 bits per heavy atom. The van der Waals surface area contributed by atoms with Gasteiger partial charge in [-0.3, -0.25) is 4.79 Å². The van der Waals surface area contributed by atoms with Gasteiger partial charge in [0.05, 0.1) is 13.7 Å². The average molecular weight is 305 g/mol. The van der Waals surface area contributed by atoms with E-state index >= 15 is 0 Å². The van der Waals surface area contributed by atoms with Crippen LogP contribution in [0.4, 0.5) is 0 Å². The number of halogens is 1. The summed E-state index contributed by atoms with van der Waals surface area (Å²) in [4.78, 5) is 29.1. The quantitative estimate of drug-likeness (QED) is 0.597. The number of carbonyl (C=O) groups excluding carboxylic acids is 2. The molecule has 0 aliphatic carbocycles. The van der Waals surface area contributed by atoms with E-state index in [1.807, 2.05) is 13.8 Å². The number of methoxy groups -OCH3 is 1. The van der Waals surface area contributed by atoms with Crippen molar-refractivity contribution in [1.29, 1.82) is 0 Å². The molecule has 0 unspecified atom stereocenters. The van der Waals surface area contributed by atoms with Crippen LogP contribution in [0.1, 0.15) is 35.8 Å². The number of hydrogen-bond acceptors (Lipinski definition) is 5. The topological polar surface area (TPSA) is 59.5 Å². The molecule has 1 aromatic heterocycles. The molecule has 0 aliphatic heterocycles. The molecule has 1 amide bonds. The molecule has 0 aliphatic rings. The summed E-state index contributed by atoms with van der Waals surface area (Å²) in [6, 6.07) is 0.0567. The fourth-order valence-corrected chi connectivity index (χ4v) is 2.43. The van der Waals surface area contributed by atoms with E-state index in [4.69, 9.17) is 11.6 Å². The smallest absolute Gasteiger partial charge is 0.357 e. The van der Waals surface area contributed by atoms with Crippen LogP contribution in [0.15, 0.2) is 5.38 Å². The van der Waals surface area contributed by atoms with Crippen LogP contribution in [0.5, 0.6) is 0 Å². The van der Waals surface area contributed by atoms with Crippen LogP contribution in [0.2, 0.25) is 0 Å². The summed E-state index contributed by atoms with van der Waals surface area (Å²) in [6.45, 7) is 4.25. The van der Waals surface area contributed by atoms with E-state index in [2.05, 4.69) is 9.72 Å². The Balaban J connectivity index is 2.77. The number of nitrogens with zero attached hydrogens (tertiary/aromatic N) is 2. The van der Waals surface area contributed by atoms with Gasteiger partial charge in [-0.05, 0) is 13.8 Å². The Kier molecular flexibility index (Phi) is 6.24. The predicted octanol–water partition coefficient (Wildman–Crippen LogP) is 2.30. The Morgan fingerprint density at radius 1 is 1.53 bits per heavy atom. The van der Waals surface area contributed by atoms with Crippen molar-refractivity contribution in [3.63, 3.8) is 0 Å². The zero-order valence-corrected chi connectivity index (χ0v) is 12.8. The number of thiazole rings is 1. The first-order chi connectivity index (χ1) is 8.99.